The van der Waals surface area contributed by atoms with Crippen LogP contribution in [0.4, 0.5) is 11.4 Å². The lowest BCUT2D eigenvalue weighted by Crippen LogP contribution is -2.24. The van der Waals surface area contributed by atoms with E-state index in [0.29, 0.717) is 0 Å². The van der Waals surface area contributed by atoms with Gasteiger partial charge in [-0.1, -0.05) is 76.3 Å². The Hall–Kier alpha value is -2.52. The smallest absolute Gasteiger partial charge is 0.101 e. The Morgan fingerprint density at radius 1 is 0.667 bits per heavy atom. The highest BCUT2D eigenvalue weighted by atomic mass is 16.5. The highest BCUT2D eigenvalue weighted by molar-refractivity contribution is 5.57. The van der Waals surface area contributed by atoms with Gasteiger partial charge in [-0.3, -0.25) is 0 Å². The summed E-state index contributed by atoms with van der Waals surface area (Å²) in [6, 6.07) is 17.7. The minimum atomic E-state index is -0.0477. The van der Waals surface area contributed by atoms with Gasteiger partial charge in [0.1, 0.15) is 6.10 Å². The number of rotatable bonds is 15. The molecule has 0 saturated carbocycles. The minimum Gasteiger partial charge on any atom is -0.373 e. The standard InChI is InChI=1S/C30H44N2O/c1-6-22-31(23-7-2)28-18-14-26(15-19-28)12-10-11-13-30(33-5)27-16-20-29(21-17-27)32(24-8-3)25-9-4/h10-21,30H,6-9,22-25H2,1-5H3/b12-10+,13-11+. The van der Waals surface area contributed by atoms with Crippen LogP contribution in [0.25, 0.3) is 6.08 Å². The molecule has 180 valence electrons. The zero-order valence-corrected chi connectivity index (χ0v) is 21.5. The van der Waals surface area contributed by atoms with Gasteiger partial charge in [0.15, 0.2) is 0 Å². The molecule has 0 aliphatic carbocycles. The Bertz CT molecular complexity index is 811. The molecule has 3 heteroatoms. The van der Waals surface area contributed by atoms with Crippen LogP contribution in [0.1, 0.15) is 70.6 Å². The van der Waals surface area contributed by atoms with Crippen LogP contribution in [0.15, 0.2) is 66.8 Å². The topological polar surface area (TPSA) is 15.7 Å². The monoisotopic (exact) mass is 448 g/mol. The summed E-state index contributed by atoms with van der Waals surface area (Å²) < 4.78 is 5.73. The van der Waals surface area contributed by atoms with E-state index in [1.807, 2.05) is 0 Å². The zero-order valence-electron chi connectivity index (χ0n) is 21.5. The van der Waals surface area contributed by atoms with Crippen LogP contribution >= 0.6 is 0 Å². The predicted octanol–water partition coefficient (Wildman–Crippen LogP) is 7.90. The van der Waals surface area contributed by atoms with Crippen LogP contribution in [-0.2, 0) is 4.74 Å². The first kappa shape index (κ1) is 26.7. The molecule has 0 aliphatic heterocycles. The second-order valence-corrected chi connectivity index (χ2v) is 8.56. The van der Waals surface area contributed by atoms with Crippen LogP contribution in [0, 0.1) is 0 Å². The molecule has 2 aromatic carbocycles. The van der Waals surface area contributed by atoms with E-state index in [1.165, 1.54) is 35.3 Å². The van der Waals surface area contributed by atoms with E-state index in [-0.39, 0.29) is 6.10 Å². The summed E-state index contributed by atoms with van der Waals surface area (Å²) >= 11 is 0. The van der Waals surface area contributed by atoms with Crippen molar-refractivity contribution in [2.45, 2.75) is 59.5 Å². The van der Waals surface area contributed by atoms with Gasteiger partial charge >= 0.3 is 0 Å². The molecule has 0 aromatic heterocycles. The molecule has 0 spiro atoms. The number of anilines is 2. The van der Waals surface area contributed by atoms with Gasteiger partial charge in [0.2, 0.25) is 0 Å². The zero-order chi connectivity index (χ0) is 23.9. The number of ether oxygens (including phenoxy) is 1. The molecule has 2 rings (SSSR count). The van der Waals surface area contributed by atoms with Crippen LogP contribution in [0.2, 0.25) is 0 Å². The van der Waals surface area contributed by atoms with Crippen LogP contribution < -0.4 is 9.80 Å². The molecule has 0 radical (unpaired) electrons. The van der Waals surface area contributed by atoms with E-state index in [1.54, 1.807) is 7.11 Å². The summed E-state index contributed by atoms with van der Waals surface area (Å²) in [6.07, 6.45) is 13.1. The predicted molar refractivity (Wildman–Crippen MR) is 146 cm³/mol. The molecule has 1 unspecified atom stereocenters. The molecule has 33 heavy (non-hydrogen) atoms. The van der Waals surface area contributed by atoms with E-state index in [2.05, 4.69) is 110 Å². The van der Waals surface area contributed by atoms with Crippen molar-refractivity contribution in [1.82, 2.24) is 0 Å². The van der Waals surface area contributed by atoms with Crippen molar-refractivity contribution in [1.29, 1.82) is 0 Å². The maximum atomic E-state index is 5.73. The summed E-state index contributed by atoms with van der Waals surface area (Å²) in [5, 5.41) is 0. The lowest BCUT2D eigenvalue weighted by atomic mass is 10.1. The minimum absolute atomic E-state index is 0.0477. The lowest BCUT2D eigenvalue weighted by molar-refractivity contribution is 0.143. The van der Waals surface area contributed by atoms with Crippen molar-refractivity contribution in [3.05, 3.63) is 77.9 Å². The summed E-state index contributed by atoms with van der Waals surface area (Å²) in [4.78, 5) is 4.92. The number of hydrogen-bond donors (Lipinski definition) is 0. The molecule has 0 aliphatic rings. The van der Waals surface area contributed by atoms with Gasteiger partial charge in [-0.2, -0.15) is 0 Å². The molecule has 2 aromatic rings. The first-order valence-corrected chi connectivity index (χ1v) is 12.7. The molecule has 0 fully saturated rings. The first-order chi connectivity index (χ1) is 16.2. The third kappa shape index (κ3) is 8.74. The molecule has 0 amide bonds. The molecule has 3 nitrogen and oxygen atoms in total. The Labute approximate surface area is 202 Å². The normalized spacial score (nSPS) is 12.5. The van der Waals surface area contributed by atoms with Crippen molar-refractivity contribution in [2.75, 3.05) is 43.1 Å². The van der Waals surface area contributed by atoms with Crippen molar-refractivity contribution in [2.24, 2.45) is 0 Å². The van der Waals surface area contributed by atoms with E-state index < -0.39 is 0 Å². The van der Waals surface area contributed by atoms with E-state index in [9.17, 15) is 0 Å². The second-order valence-electron chi connectivity index (χ2n) is 8.56. The van der Waals surface area contributed by atoms with Crippen LogP contribution in [-0.4, -0.2) is 33.3 Å². The lowest BCUT2D eigenvalue weighted by Gasteiger charge is -2.24. The summed E-state index contributed by atoms with van der Waals surface area (Å²) in [7, 11) is 1.77. The highest BCUT2D eigenvalue weighted by Crippen LogP contribution is 2.23. The fourth-order valence-corrected chi connectivity index (χ4v) is 4.15. The third-order valence-electron chi connectivity index (χ3n) is 5.76. The van der Waals surface area contributed by atoms with Crippen molar-refractivity contribution in [3.63, 3.8) is 0 Å². The van der Waals surface area contributed by atoms with Crippen molar-refractivity contribution < 1.29 is 4.74 Å². The molecule has 0 saturated heterocycles. The average molecular weight is 449 g/mol. The Kier molecular flexibility index (Phi) is 12.4. The molecule has 0 N–H and O–H groups in total. The van der Waals surface area contributed by atoms with Gasteiger partial charge in [0.25, 0.3) is 0 Å². The van der Waals surface area contributed by atoms with Gasteiger partial charge < -0.3 is 14.5 Å². The average Bonchev–Trinajstić information content (AvgIpc) is 2.84. The Balaban J connectivity index is 1.99. The third-order valence-corrected chi connectivity index (χ3v) is 5.76. The SMILES string of the molecule is CCCN(CCC)c1ccc(/C=C/C=C/C(OC)c2ccc(N(CCC)CCC)cc2)cc1. The maximum Gasteiger partial charge on any atom is 0.101 e. The van der Waals surface area contributed by atoms with Crippen molar-refractivity contribution in [3.8, 4) is 0 Å². The van der Waals surface area contributed by atoms with E-state index >= 15 is 0 Å². The second kappa shape index (κ2) is 15.3. The molecule has 1 atom stereocenters. The van der Waals surface area contributed by atoms with Gasteiger partial charge in [-0.15, -0.1) is 0 Å². The van der Waals surface area contributed by atoms with Gasteiger partial charge in [0, 0.05) is 44.7 Å². The highest BCUT2D eigenvalue weighted by Gasteiger charge is 2.09. The quantitative estimate of drug-likeness (QED) is 0.258. The summed E-state index contributed by atoms with van der Waals surface area (Å²) in [6.45, 7) is 13.4. The van der Waals surface area contributed by atoms with Crippen molar-refractivity contribution >= 4 is 17.5 Å². The number of allylic oxidation sites excluding steroid dienone is 2. The van der Waals surface area contributed by atoms with E-state index in [0.717, 1.165) is 39.0 Å². The fourth-order valence-electron chi connectivity index (χ4n) is 4.15. The van der Waals surface area contributed by atoms with Gasteiger partial charge in [-0.05, 0) is 61.1 Å². The summed E-state index contributed by atoms with van der Waals surface area (Å²) in [5.74, 6) is 0. The summed E-state index contributed by atoms with van der Waals surface area (Å²) in [5.41, 5.74) is 4.99. The number of benzene rings is 2. The number of methoxy groups -OCH3 is 1. The molecule has 0 bridgehead atoms. The molecular formula is C30H44N2O. The van der Waals surface area contributed by atoms with Crippen LogP contribution in [0.3, 0.4) is 0 Å². The maximum absolute atomic E-state index is 5.73. The van der Waals surface area contributed by atoms with Crippen LogP contribution in [0.5, 0.6) is 0 Å². The van der Waals surface area contributed by atoms with Gasteiger partial charge in [0.05, 0.1) is 0 Å². The number of hydrogen-bond acceptors (Lipinski definition) is 3. The van der Waals surface area contributed by atoms with E-state index in [4.69, 9.17) is 4.74 Å². The van der Waals surface area contributed by atoms with Gasteiger partial charge in [-0.25, -0.2) is 0 Å². The largest absolute Gasteiger partial charge is 0.373 e. The Morgan fingerprint density at radius 3 is 1.55 bits per heavy atom. The Morgan fingerprint density at radius 2 is 1.12 bits per heavy atom. The number of nitrogens with zero attached hydrogens (tertiary/aromatic N) is 2. The molecular weight excluding hydrogens is 404 g/mol. The fraction of sp³-hybridized carbons (Fsp3) is 0.467. The first-order valence-electron chi connectivity index (χ1n) is 12.7. The molecule has 0 heterocycles.